The first-order chi connectivity index (χ1) is 14.9. The van der Waals surface area contributed by atoms with Crippen molar-refractivity contribution in [1.29, 1.82) is 0 Å². The van der Waals surface area contributed by atoms with E-state index in [4.69, 9.17) is 18.9 Å². The van der Waals surface area contributed by atoms with Crippen LogP contribution < -0.4 is 14.8 Å². The van der Waals surface area contributed by atoms with E-state index in [0.717, 1.165) is 11.1 Å². The minimum absolute atomic E-state index is 0.132. The summed E-state index contributed by atoms with van der Waals surface area (Å²) < 4.78 is 20.2. The van der Waals surface area contributed by atoms with E-state index in [1.165, 1.54) is 32.4 Å². The average molecular weight is 428 g/mol. The van der Waals surface area contributed by atoms with Crippen molar-refractivity contribution >= 4 is 23.7 Å². The summed E-state index contributed by atoms with van der Waals surface area (Å²) in [5, 5.41) is 2.72. The third kappa shape index (κ3) is 4.55. The molecule has 1 aliphatic heterocycles. The van der Waals surface area contributed by atoms with Crippen LogP contribution >= 0.6 is 0 Å². The van der Waals surface area contributed by atoms with Gasteiger partial charge in [-0.05, 0) is 47.9 Å². The molecule has 1 aliphatic rings. The first-order valence-corrected chi connectivity index (χ1v) is 9.52. The molecule has 9 nitrogen and oxygen atoms in total. The van der Waals surface area contributed by atoms with E-state index in [-0.39, 0.29) is 16.8 Å². The van der Waals surface area contributed by atoms with Gasteiger partial charge in [0.25, 0.3) is 0 Å². The highest BCUT2D eigenvalue weighted by molar-refractivity contribution is 6.03. The van der Waals surface area contributed by atoms with Crippen molar-refractivity contribution in [2.45, 2.75) is 13.0 Å². The van der Waals surface area contributed by atoms with Crippen LogP contribution in [0.2, 0.25) is 0 Å². The van der Waals surface area contributed by atoms with Gasteiger partial charge >= 0.3 is 18.0 Å². The molecule has 0 unspecified atom stereocenters. The summed E-state index contributed by atoms with van der Waals surface area (Å²) in [4.78, 5) is 38.5. The molecule has 1 N–H and O–H groups in total. The number of carbonyl (C=O) groups excluding carboxylic acids is 3. The highest BCUT2D eigenvalue weighted by atomic mass is 16.5. The Labute approximate surface area is 179 Å². The first-order valence-electron chi connectivity index (χ1n) is 9.52. The van der Waals surface area contributed by atoms with Crippen LogP contribution in [0, 0.1) is 0 Å². The fourth-order valence-electron chi connectivity index (χ4n) is 3.43. The lowest BCUT2D eigenvalue weighted by atomic mass is 9.99. The molecule has 3 rings (SSSR count). The maximum Gasteiger partial charge on any atom is 0.339 e. The Kier molecular flexibility index (Phi) is 6.64. The summed E-state index contributed by atoms with van der Waals surface area (Å²) >= 11 is 0. The molecule has 0 spiro atoms. The number of rotatable bonds is 5. The quantitative estimate of drug-likeness (QED) is 0.731. The van der Waals surface area contributed by atoms with Gasteiger partial charge in [0.15, 0.2) is 11.5 Å². The third-order valence-corrected chi connectivity index (χ3v) is 5.09. The molecule has 0 fully saturated rings. The molecule has 31 heavy (non-hydrogen) atoms. The smallest absolute Gasteiger partial charge is 0.339 e. The molecule has 0 bridgehead atoms. The Morgan fingerprint density at radius 2 is 1.52 bits per heavy atom. The van der Waals surface area contributed by atoms with Gasteiger partial charge in [-0.2, -0.15) is 0 Å². The summed E-state index contributed by atoms with van der Waals surface area (Å²) in [5.41, 5.74) is 2.51. The second-order valence-corrected chi connectivity index (χ2v) is 6.82. The molecule has 0 aliphatic carbocycles. The molecule has 2 aromatic rings. The Balaban J connectivity index is 1.85. The molecule has 0 radical (unpaired) electrons. The summed E-state index contributed by atoms with van der Waals surface area (Å²) in [6.45, 7) is 0.824. The van der Waals surface area contributed by atoms with Gasteiger partial charge in [0.2, 0.25) is 0 Å². The largest absolute Gasteiger partial charge is 0.493 e. The van der Waals surface area contributed by atoms with Gasteiger partial charge in [-0.15, -0.1) is 0 Å². The lowest BCUT2D eigenvalue weighted by Gasteiger charge is -2.30. The first kappa shape index (κ1) is 21.9. The normalized spacial score (nSPS) is 12.5. The zero-order valence-electron chi connectivity index (χ0n) is 17.8. The highest BCUT2D eigenvalue weighted by Crippen LogP contribution is 2.33. The number of benzene rings is 2. The highest BCUT2D eigenvalue weighted by Gasteiger charge is 2.25. The van der Waals surface area contributed by atoms with Crippen molar-refractivity contribution in [2.24, 2.45) is 0 Å². The minimum atomic E-state index is -0.632. The van der Waals surface area contributed by atoms with Crippen molar-refractivity contribution < 1.29 is 33.3 Å². The number of ether oxygens (including phenoxy) is 4. The molecular formula is C22H24N2O7. The maximum absolute atomic E-state index is 13.0. The predicted molar refractivity (Wildman–Crippen MR) is 112 cm³/mol. The number of hydrogen-bond acceptors (Lipinski definition) is 7. The Bertz CT molecular complexity index is 1020. The molecule has 0 saturated heterocycles. The number of nitrogens with zero attached hydrogens (tertiary/aromatic N) is 1. The Hall–Kier alpha value is -3.75. The zero-order valence-corrected chi connectivity index (χ0v) is 17.8. The van der Waals surface area contributed by atoms with Crippen LogP contribution in [0.25, 0.3) is 0 Å². The van der Waals surface area contributed by atoms with Crippen LogP contribution in [0.1, 0.15) is 31.8 Å². The Morgan fingerprint density at radius 3 is 2.13 bits per heavy atom. The van der Waals surface area contributed by atoms with E-state index in [9.17, 15) is 14.4 Å². The summed E-state index contributed by atoms with van der Waals surface area (Å²) in [6.07, 6.45) is 0.634. The second-order valence-electron chi connectivity index (χ2n) is 6.82. The van der Waals surface area contributed by atoms with Crippen molar-refractivity contribution in [3.63, 3.8) is 0 Å². The van der Waals surface area contributed by atoms with Crippen molar-refractivity contribution in [2.75, 3.05) is 40.3 Å². The van der Waals surface area contributed by atoms with E-state index < -0.39 is 18.0 Å². The summed E-state index contributed by atoms with van der Waals surface area (Å²) in [6, 6.07) is 7.60. The number of nitrogens with one attached hydrogen (secondary N) is 1. The summed E-state index contributed by atoms with van der Waals surface area (Å²) in [7, 11) is 5.63. The van der Waals surface area contributed by atoms with Crippen molar-refractivity contribution in [3.05, 3.63) is 52.6 Å². The Morgan fingerprint density at radius 1 is 0.871 bits per heavy atom. The van der Waals surface area contributed by atoms with Gasteiger partial charge < -0.3 is 29.2 Å². The average Bonchev–Trinajstić information content (AvgIpc) is 2.81. The molecule has 164 valence electrons. The van der Waals surface area contributed by atoms with Crippen LogP contribution in [0.15, 0.2) is 30.3 Å². The van der Waals surface area contributed by atoms with E-state index >= 15 is 0 Å². The molecule has 9 heteroatoms. The number of fused-ring (bicyclic) bond motifs is 1. The summed E-state index contributed by atoms with van der Waals surface area (Å²) in [5.74, 6) is 0.0103. The molecule has 0 aromatic heterocycles. The molecule has 2 amide bonds. The van der Waals surface area contributed by atoms with Gasteiger partial charge in [0.05, 0.1) is 45.3 Å². The number of anilines is 1. The second kappa shape index (κ2) is 9.38. The molecule has 2 aromatic carbocycles. The van der Waals surface area contributed by atoms with Crippen molar-refractivity contribution in [3.8, 4) is 11.5 Å². The SMILES string of the molecule is COC(=O)c1ccc(C(=O)OC)c(NC(=O)N2CCc3cc(OC)c(OC)cc3C2)c1. The van der Waals surface area contributed by atoms with Gasteiger partial charge in [-0.1, -0.05) is 0 Å². The van der Waals surface area contributed by atoms with Gasteiger partial charge in [0, 0.05) is 13.1 Å². The van der Waals surface area contributed by atoms with Gasteiger partial charge in [-0.3, -0.25) is 0 Å². The molecule has 1 heterocycles. The minimum Gasteiger partial charge on any atom is -0.493 e. The molecule has 0 saturated carbocycles. The number of hydrogen-bond donors (Lipinski definition) is 1. The third-order valence-electron chi connectivity index (χ3n) is 5.09. The van der Waals surface area contributed by atoms with Gasteiger partial charge in [-0.25, -0.2) is 14.4 Å². The molecular weight excluding hydrogens is 404 g/mol. The standard InChI is InChI=1S/C22H24N2O7/c1-28-18-10-13-7-8-24(12-15(13)11-19(18)29-2)22(27)23-17-9-14(20(25)30-3)5-6-16(17)21(26)31-4/h5-6,9-11H,7-8,12H2,1-4H3,(H,23,27). The van der Waals surface area contributed by atoms with Crippen LogP contribution in [-0.4, -0.2) is 57.9 Å². The number of esters is 2. The van der Waals surface area contributed by atoms with E-state index in [1.54, 1.807) is 19.1 Å². The van der Waals surface area contributed by atoms with E-state index in [0.29, 0.717) is 31.0 Å². The van der Waals surface area contributed by atoms with E-state index in [2.05, 4.69) is 5.32 Å². The predicted octanol–water partition coefficient (Wildman–Crippen LogP) is 2.87. The van der Waals surface area contributed by atoms with Crippen LogP contribution in [-0.2, 0) is 22.4 Å². The number of urea groups is 1. The number of methoxy groups -OCH3 is 4. The number of carbonyl (C=O) groups is 3. The fourth-order valence-corrected chi connectivity index (χ4v) is 3.43. The fraction of sp³-hybridized carbons (Fsp3) is 0.318. The maximum atomic E-state index is 13.0. The molecule has 0 atom stereocenters. The van der Waals surface area contributed by atoms with Crippen molar-refractivity contribution in [1.82, 2.24) is 4.90 Å². The van der Waals surface area contributed by atoms with Crippen LogP contribution in [0.3, 0.4) is 0 Å². The van der Waals surface area contributed by atoms with Crippen LogP contribution in [0.5, 0.6) is 11.5 Å². The lowest BCUT2D eigenvalue weighted by Crippen LogP contribution is -2.39. The zero-order chi connectivity index (χ0) is 22.5. The topological polar surface area (TPSA) is 103 Å². The number of amides is 2. The van der Waals surface area contributed by atoms with E-state index in [1.807, 2.05) is 12.1 Å². The lowest BCUT2D eigenvalue weighted by molar-refractivity contribution is 0.0587. The van der Waals surface area contributed by atoms with Gasteiger partial charge in [0.1, 0.15) is 0 Å². The monoisotopic (exact) mass is 428 g/mol. The van der Waals surface area contributed by atoms with Crippen LogP contribution in [0.4, 0.5) is 10.5 Å².